The van der Waals surface area contributed by atoms with Gasteiger partial charge in [-0.1, -0.05) is 44.9 Å². The van der Waals surface area contributed by atoms with Crippen molar-refractivity contribution in [1.29, 1.82) is 0 Å². The van der Waals surface area contributed by atoms with E-state index in [9.17, 15) is 0 Å². The van der Waals surface area contributed by atoms with E-state index in [0.717, 1.165) is 13.1 Å². The smallest absolute Gasteiger partial charge is 2.00 e. The van der Waals surface area contributed by atoms with Crippen LogP contribution in [0, 0.1) is 12.3 Å². The van der Waals surface area contributed by atoms with E-state index in [2.05, 4.69) is 64.3 Å². The van der Waals surface area contributed by atoms with E-state index in [1.54, 1.807) is 0 Å². The van der Waals surface area contributed by atoms with Crippen LogP contribution in [-0.4, -0.2) is 38.3 Å². The third-order valence-corrected chi connectivity index (χ3v) is 3.43. The van der Waals surface area contributed by atoms with Gasteiger partial charge in [0.15, 0.2) is 0 Å². The van der Waals surface area contributed by atoms with Crippen LogP contribution in [0.25, 0.3) is 0 Å². The standard InChI is InChI=1S/C10H19N2.C5H10.ClH.Fe.Pd/c1-12(2)8-7-11-9-10-5-3-4-6-10;1-2-4-5-3-1;;;/h5,9-10H,3-4,6-8H2,1-2H3;1-5H2;1H;;/q-1;;;2*+2/p-1. The number of hydrogen-bond donors (Lipinski definition) is 0. The largest absolute Gasteiger partial charge is 2.00 e. The molecule has 0 aliphatic heterocycles. The Labute approximate surface area is 151 Å². The molecule has 0 radical (unpaired) electrons. The number of nitrogens with zero attached hydrogens (tertiary/aromatic N) is 2. The third-order valence-electron chi connectivity index (χ3n) is 3.43. The molecule has 0 N–H and O–H groups in total. The fraction of sp³-hybridized carbons (Fsp3) is 0.867. The van der Waals surface area contributed by atoms with Gasteiger partial charge in [-0.05, 0) is 20.3 Å². The van der Waals surface area contributed by atoms with Gasteiger partial charge < -0.3 is 11.3 Å². The van der Waals surface area contributed by atoms with E-state index in [0.29, 0.717) is 5.92 Å². The molecule has 5 heteroatoms. The van der Waals surface area contributed by atoms with Crippen molar-refractivity contribution in [2.24, 2.45) is 10.9 Å². The number of hydrogen-bond acceptors (Lipinski definition) is 2. The van der Waals surface area contributed by atoms with Gasteiger partial charge in [0.2, 0.25) is 0 Å². The van der Waals surface area contributed by atoms with Gasteiger partial charge in [-0.2, -0.15) is 6.42 Å². The Hall–Kier alpha value is 1.10. The van der Waals surface area contributed by atoms with Gasteiger partial charge in [-0.3, -0.25) is 4.99 Å². The molecule has 122 valence electrons. The van der Waals surface area contributed by atoms with Crippen LogP contribution in [0.4, 0.5) is 0 Å². The van der Waals surface area contributed by atoms with Gasteiger partial charge in [-0.25, -0.2) is 0 Å². The normalized spacial score (nSPS) is 21.0. The van der Waals surface area contributed by atoms with Crippen LogP contribution in [0.1, 0.15) is 51.4 Å². The minimum absolute atomic E-state index is 0. The van der Waals surface area contributed by atoms with Gasteiger partial charge >= 0.3 is 44.8 Å². The molecule has 0 saturated heterocycles. The Kier molecular flexibility index (Phi) is 21.2. The van der Waals surface area contributed by atoms with Crippen LogP contribution in [-0.2, 0) is 35.2 Å². The van der Waals surface area contributed by atoms with Gasteiger partial charge in [-0.15, -0.1) is 5.92 Å². The Bertz CT molecular complexity index is 198. The SMILES string of the molecule is C1CCCC1.CN(C)CCN=CC1[CH-]CCC1.[Cl][Pd+].[Fe+2]. The summed E-state index contributed by atoms with van der Waals surface area (Å²) in [5.74, 6) is 0.673. The fourth-order valence-electron chi connectivity index (χ4n) is 2.29. The van der Waals surface area contributed by atoms with Gasteiger partial charge in [0.05, 0.1) is 6.54 Å². The maximum Gasteiger partial charge on any atom is 2.00 e. The summed E-state index contributed by atoms with van der Waals surface area (Å²) in [6.45, 7) is 2.00. The molecule has 2 fully saturated rings. The van der Waals surface area contributed by atoms with Gasteiger partial charge in [0.25, 0.3) is 0 Å². The minimum Gasteiger partial charge on any atom is 2.00 e. The van der Waals surface area contributed by atoms with Crippen molar-refractivity contribution in [3.8, 4) is 0 Å². The zero-order chi connectivity index (χ0) is 14.3. The molecule has 0 aromatic heterocycles. The molecular formula is C15H29ClFeN2Pd+2. The molecule has 1 unspecified atom stereocenters. The number of rotatable bonds is 4. The first-order valence-electron chi connectivity index (χ1n) is 7.39. The van der Waals surface area contributed by atoms with Gasteiger partial charge in [0, 0.05) is 6.54 Å². The fourth-order valence-corrected chi connectivity index (χ4v) is 2.29. The van der Waals surface area contributed by atoms with Crippen molar-refractivity contribution >= 4 is 15.7 Å². The molecule has 0 spiro atoms. The summed E-state index contributed by atoms with van der Waals surface area (Å²) >= 11 is 2.22. The minimum atomic E-state index is 0. The Morgan fingerprint density at radius 1 is 1.15 bits per heavy atom. The van der Waals surface area contributed by atoms with E-state index < -0.39 is 0 Å². The van der Waals surface area contributed by atoms with Crippen molar-refractivity contribution in [3.05, 3.63) is 6.42 Å². The van der Waals surface area contributed by atoms with Crippen molar-refractivity contribution in [1.82, 2.24) is 4.90 Å². The van der Waals surface area contributed by atoms with Crippen molar-refractivity contribution in [2.75, 3.05) is 27.2 Å². The van der Waals surface area contributed by atoms with E-state index in [1.165, 1.54) is 51.4 Å². The molecule has 0 heterocycles. The summed E-state index contributed by atoms with van der Waals surface area (Å²) in [6, 6.07) is 0. The second-order valence-electron chi connectivity index (χ2n) is 5.46. The second-order valence-corrected chi connectivity index (χ2v) is 5.46. The Balaban J connectivity index is 0. The van der Waals surface area contributed by atoms with Crippen LogP contribution < -0.4 is 0 Å². The number of likely N-dealkylation sites (N-methyl/N-ethyl adjacent to an activating group) is 1. The molecular weight excluding hydrogens is 406 g/mol. The molecule has 20 heavy (non-hydrogen) atoms. The predicted molar refractivity (Wildman–Crippen MR) is 82.5 cm³/mol. The van der Waals surface area contributed by atoms with Crippen LogP contribution in [0.15, 0.2) is 4.99 Å². The van der Waals surface area contributed by atoms with Crippen LogP contribution in [0.3, 0.4) is 0 Å². The summed E-state index contributed by atoms with van der Waals surface area (Å²) in [5, 5.41) is 0. The molecule has 2 rings (SSSR count). The second kappa shape index (κ2) is 18.2. The summed E-state index contributed by atoms with van der Waals surface area (Å²) in [7, 11) is 8.65. The Morgan fingerprint density at radius 3 is 2.10 bits per heavy atom. The molecule has 2 nitrogen and oxygen atoms in total. The predicted octanol–water partition coefficient (Wildman–Crippen LogP) is 4.26. The summed E-state index contributed by atoms with van der Waals surface area (Å²) in [5.41, 5.74) is 0. The van der Waals surface area contributed by atoms with E-state index in [1.807, 2.05) is 0 Å². The first-order chi connectivity index (χ1) is 9.29. The van der Waals surface area contributed by atoms with Crippen LogP contribution >= 0.6 is 9.53 Å². The third kappa shape index (κ3) is 15.5. The molecule has 0 amide bonds. The maximum atomic E-state index is 4.49. The zero-order valence-electron chi connectivity index (χ0n) is 12.7. The first-order valence-corrected chi connectivity index (χ1v) is 9.39. The molecule has 0 aromatic carbocycles. The van der Waals surface area contributed by atoms with Crippen LogP contribution in [0.2, 0.25) is 0 Å². The molecule has 2 aliphatic rings. The van der Waals surface area contributed by atoms with Crippen molar-refractivity contribution in [3.63, 3.8) is 0 Å². The molecule has 2 saturated carbocycles. The Morgan fingerprint density at radius 2 is 1.70 bits per heavy atom. The van der Waals surface area contributed by atoms with Gasteiger partial charge in [0.1, 0.15) is 0 Å². The monoisotopic (exact) mass is 434 g/mol. The average molecular weight is 435 g/mol. The van der Waals surface area contributed by atoms with E-state index >= 15 is 0 Å². The average Bonchev–Trinajstić information content (AvgIpc) is 3.12. The topological polar surface area (TPSA) is 15.6 Å². The number of aliphatic imine (C=N–C) groups is 1. The summed E-state index contributed by atoms with van der Waals surface area (Å²) in [6.07, 6.45) is 15.9. The molecule has 0 aromatic rings. The quantitative estimate of drug-likeness (QED) is 0.366. The van der Waals surface area contributed by atoms with E-state index in [-0.39, 0.29) is 17.1 Å². The molecule has 2 aliphatic carbocycles. The number of halogens is 1. The van der Waals surface area contributed by atoms with E-state index in [4.69, 9.17) is 0 Å². The summed E-state index contributed by atoms with van der Waals surface area (Å²) < 4.78 is 0. The van der Waals surface area contributed by atoms with Crippen molar-refractivity contribution < 1.29 is 35.2 Å². The zero-order valence-corrected chi connectivity index (χ0v) is 16.2. The molecule has 1 atom stereocenters. The molecule has 0 bridgehead atoms. The van der Waals surface area contributed by atoms with Crippen LogP contribution in [0.5, 0.6) is 0 Å². The van der Waals surface area contributed by atoms with Crippen molar-refractivity contribution in [2.45, 2.75) is 51.4 Å². The maximum absolute atomic E-state index is 4.49. The summed E-state index contributed by atoms with van der Waals surface area (Å²) in [4.78, 5) is 6.56. The first kappa shape index (κ1) is 23.4.